The quantitative estimate of drug-likeness (QED) is 0.693. The molecular formula is C20H24N4O3. The number of benzene rings is 1. The highest BCUT2D eigenvalue weighted by molar-refractivity contribution is 5.93. The molecule has 27 heavy (non-hydrogen) atoms. The molecule has 0 aliphatic heterocycles. The van der Waals surface area contributed by atoms with Crippen LogP contribution in [0.1, 0.15) is 45.6 Å². The molecule has 3 aromatic rings. The highest BCUT2D eigenvalue weighted by Crippen LogP contribution is 2.19. The lowest BCUT2D eigenvalue weighted by molar-refractivity contribution is 0.0939. The van der Waals surface area contributed by atoms with E-state index >= 15 is 0 Å². The van der Waals surface area contributed by atoms with Gasteiger partial charge in [0.25, 0.3) is 5.91 Å². The fraction of sp³-hybridized carbons (Fsp3) is 0.350. The Morgan fingerprint density at radius 2 is 2.00 bits per heavy atom. The third-order valence-electron chi connectivity index (χ3n) is 4.69. The van der Waals surface area contributed by atoms with Crippen LogP contribution in [0.15, 0.2) is 35.0 Å². The van der Waals surface area contributed by atoms with Crippen molar-refractivity contribution >= 4 is 5.91 Å². The molecule has 0 unspecified atom stereocenters. The van der Waals surface area contributed by atoms with Crippen LogP contribution >= 0.6 is 0 Å². The molecule has 0 saturated heterocycles. The summed E-state index contributed by atoms with van der Waals surface area (Å²) in [5, 5.41) is 10.9. The predicted molar refractivity (Wildman–Crippen MR) is 101 cm³/mol. The Morgan fingerprint density at radius 1 is 1.26 bits per heavy atom. The van der Waals surface area contributed by atoms with Crippen LogP contribution in [0.3, 0.4) is 0 Å². The lowest BCUT2D eigenvalue weighted by atomic mass is 10.1. The summed E-state index contributed by atoms with van der Waals surface area (Å²) in [4.78, 5) is 12.5. The standard InChI is InChI=1S/C20H24N4O3/c1-5-15-6-8-17(9-7-15)26-12-18-14(3)27-23-19(18)20(25)21-10-16-11-22-24(4)13(16)2/h6-9,11H,5,10,12H2,1-4H3,(H,21,25). The van der Waals surface area contributed by atoms with Gasteiger partial charge in [-0.15, -0.1) is 0 Å². The van der Waals surface area contributed by atoms with Gasteiger partial charge in [-0.3, -0.25) is 9.48 Å². The summed E-state index contributed by atoms with van der Waals surface area (Å²) in [6, 6.07) is 7.90. The van der Waals surface area contributed by atoms with E-state index < -0.39 is 0 Å². The normalized spacial score (nSPS) is 10.8. The molecule has 0 aliphatic carbocycles. The average molecular weight is 368 g/mol. The first-order valence-corrected chi connectivity index (χ1v) is 8.92. The van der Waals surface area contributed by atoms with E-state index in [1.165, 1.54) is 5.56 Å². The molecule has 0 spiro atoms. The van der Waals surface area contributed by atoms with Crippen LogP contribution in [0.25, 0.3) is 0 Å². The first kappa shape index (κ1) is 18.7. The molecule has 7 nitrogen and oxygen atoms in total. The van der Waals surface area contributed by atoms with Crippen molar-refractivity contribution in [2.24, 2.45) is 7.05 Å². The number of carbonyl (C=O) groups is 1. The largest absolute Gasteiger partial charge is 0.489 e. The van der Waals surface area contributed by atoms with Gasteiger partial charge in [0.15, 0.2) is 5.69 Å². The number of aromatic nitrogens is 3. The third kappa shape index (κ3) is 4.19. The van der Waals surface area contributed by atoms with Crippen molar-refractivity contribution in [3.8, 4) is 5.75 Å². The van der Waals surface area contributed by atoms with Gasteiger partial charge in [-0.2, -0.15) is 5.10 Å². The molecule has 0 radical (unpaired) electrons. The monoisotopic (exact) mass is 368 g/mol. The van der Waals surface area contributed by atoms with Crippen LogP contribution < -0.4 is 10.1 Å². The second kappa shape index (κ2) is 8.07. The highest BCUT2D eigenvalue weighted by Gasteiger charge is 2.20. The minimum atomic E-state index is -0.296. The lowest BCUT2D eigenvalue weighted by Gasteiger charge is -2.08. The minimum Gasteiger partial charge on any atom is -0.489 e. The van der Waals surface area contributed by atoms with E-state index in [1.54, 1.807) is 17.8 Å². The van der Waals surface area contributed by atoms with Crippen molar-refractivity contribution in [1.82, 2.24) is 20.3 Å². The first-order valence-electron chi connectivity index (χ1n) is 8.92. The zero-order chi connectivity index (χ0) is 19.4. The number of hydrogen-bond acceptors (Lipinski definition) is 5. The molecule has 7 heteroatoms. The van der Waals surface area contributed by atoms with Gasteiger partial charge in [0.2, 0.25) is 0 Å². The Balaban J connectivity index is 1.65. The first-order chi connectivity index (χ1) is 13.0. The molecule has 0 bridgehead atoms. The lowest BCUT2D eigenvalue weighted by Crippen LogP contribution is -2.24. The summed E-state index contributed by atoms with van der Waals surface area (Å²) in [7, 11) is 1.87. The Bertz CT molecular complexity index is 925. The van der Waals surface area contributed by atoms with Gasteiger partial charge in [-0.1, -0.05) is 24.2 Å². The van der Waals surface area contributed by atoms with Gasteiger partial charge in [-0.25, -0.2) is 0 Å². The number of ether oxygens (including phenoxy) is 1. The van der Waals surface area contributed by atoms with Crippen LogP contribution in [-0.4, -0.2) is 20.8 Å². The van der Waals surface area contributed by atoms with Crippen LogP contribution in [0, 0.1) is 13.8 Å². The number of hydrogen-bond donors (Lipinski definition) is 1. The predicted octanol–water partition coefficient (Wildman–Crippen LogP) is 3.10. The fourth-order valence-electron chi connectivity index (χ4n) is 2.69. The third-order valence-corrected chi connectivity index (χ3v) is 4.69. The summed E-state index contributed by atoms with van der Waals surface area (Å²) in [6.07, 6.45) is 2.72. The molecule has 0 atom stereocenters. The number of nitrogens with one attached hydrogen (secondary N) is 1. The molecule has 0 aliphatic rings. The Labute approximate surface area is 158 Å². The second-order valence-corrected chi connectivity index (χ2v) is 6.41. The van der Waals surface area contributed by atoms with E-state index in [1.807, 2.05) is 38.2 Å². The van der Waals surface area contributed by atoms with Gasteiger partial charge >= 0.3 is 0 Å². The number of aryl methyl sites for hydroxylation is 3. The zero-order valence-corrected chi connectivity index (χ0v) is 16.1. The number of carbonyl (C=O) groups excluding carboxylic acids is 1. The Morgan fingerprint density at radius 3 is 2.63 bits per heavy atom. The molecule has 3 rings (SSSR count). The van der Waals surface area contributed by atoms with E-state index in [0.717, 1.165) is 23.4 Å². The molecule has 1 N–H and O–H groups in total. The SMILES string of the molecule is CCc1ccc(OCc2c(C(=O)NCc3cnn(C)c3C)noc2C)cc1. The maximum Gasteiger partial charge on any atom is 0.274 e. The average Bonchev–Trinajstić information content (AvgIpc) is 3.21. The summed E-state index contributed by atoms with van der Waals surface area (Å²) in [5.74, 6) is 1.02. The molecule has 0 saturated carbocycles. The van der Waals surface area contributed by atoms with Gasteiger partial charge in [0.1, 0.15) is 18.1 Å². The van der Waals surface area contributed by atoms with Crippen molar-refractivity contribution < 1.29 is 14.1 Å². The topological polar surface area (TPSA) is 82.2 Å². The summed E-state index contributed by atoms with van der Waals surface area (Å²) in [5.41, 5.74) is 4.11. The van der Waals surface area contributed by atoms with Crippen molar-refractivity contribution in [2.45, 2.75) is 40.3 Å². The van der Waals surface area contributed by atoms with E-state index in [9.17, 15) is 4.79 Å². The molecule has 1 amide bonds. The molecule has 2 aromatic heterocycles. The van der Waals surface area contributed by atoms with Gasteiger partial charge in [0, 0.05) is 24.8 Å². The van der Waals surface area contributed by atoms with Crippen LogP contribution in [0.2, 0.25) is 0 Å². The summed E-state index contributed by atoms with van der Waals surface area (Å²) in [6.45, 7) is 6.43. The summed E-state index contributed by atoms with van der Waals surface area (Å²) < 4.78 is 12.8. The van der Waals surface area contributed by atoms with Crippen LogP contribution in [0.5, 0.6) is 5.75 Å². The van der Waals surface area contributed by atoms with E-state index in [2.05, 4.69) is 22.5 Å². The maximum absolute atomic E-state index is 12.5. The van der Waals surface area contributed by atoms with Crippen LogP contribution in [-0.2, 0) is 26.6 Å². The smallest absolute Gasteiger partial charge is 0.274 e. The van der Waals surface area contributed by atoms with E-state index in [4.69, 9.17) is 9.26 Å². The van der Waals surface area contributed by atoms with Crippen molar-refractivity contribution in [3.63, 3.8) is 0 Å². The number of nitrogens with zero attached hydrogens (tertiary/aromatic N) is 3. The van der Waals surface area contributed by atoms with Gasteiger partial charge in [0.05, 0.1) is 11.8 Å². The maximum atomic E-state index is 12.5. The summed E-state index contributed by atoms with van der Waals surface area (Å²) >= 11 is 0. The minimum absolute atomic E-state index is 0.218. The highest BCUT2D eigenvalue weighted by atomic mass is 16.5. The van der Waals surface area contributed by atoms with Crippen LogP contribution in [0.4, 0.5) is 0 Å². The van der Waals surface area contributed by atoms with Crippen molar-refractivity contribution in [3.05, 3.63) is 64.3 Å². The zero-order valence-electron chi connectivity index (χ0n) is 16.1. The van der Waals surface area contributed by atoms with Crippen molar-refractivity contribution in [2.75, 3.05) is 0 Å². The molecule has 2 heterocycles. The molecule has 1 aromatic carbocycles. The molecule has 142 valence electrons. The van der Waals surface area contributed by atoms with Crippen molar-refractivity contribution in [1.29, 1.82) is 0 Å². The molecule has 0 fully saturated rings. The van der Waals surface area contributed by atoms with E-state index in [-0.39, 0.29) is 18.2 Å². The van der Waals surface area contributed by atoms with E-state index in [0.29, 0.717) is 17.9 Å². The Hall–Kier alpha value is -3.09. The molecular weight excluding hydrogens is 344 g/mol. The Kier molecular flexibility index (Phi) is 5.59. The number of rotatable bonds is 7. The second-order valence-electron chi connectivity index (χ2n) is 6.41. The van der Waals surface area contributed by atoms with Gasteiger partial charge < -0.3 is 14.6 Å². The van der Waals surface area contributed by atoms with Gasteiger partial charge in [-0.05, 0) is 38.0 Å². The fourth-order valence-corrected chi connectivity index (χ4v) is 2.69. The number of amides is 1.